The number of aryl methyl sites for hydroxylation is 1. The van der Waals surface area contributed by atoms with Gasteiger partial charge in [-0.15, -0.1) is 10.2 Å². The van der Waals surface area contributed by atoms with E-state index in [0.29, 0.717) is 33.9 Å². The number of carbonyl (C=O) groups excluding carboxylic acids is 1. The molecule has 0 spiro atoms. The predicted octanol–water partition coefficient (Wildman–Crippen LogP) is 3.73. The number of pyridine rings is 2. The first-order chi connectivity index (χ1) is 14.6. The van der Waals surface area contributed by atoms with Gasteiger partial charge in [-0.25, -0.2) is 4.98 Å². The van der Waals surface area contributed by atoms with Crippen molar-refractivity contribution in [2.75, 3.05) is 0 Å². The maximum atomic E-state index is 13.3. The number of hydrogen-bond acceptors (Lipinski definition) is 6. The first kappa shape index (κ1) is 18.0. The summed E-state index contributed by atoms with van der Waals surface area (Å²) in [5, 5.41) is 16.0. The molecule has 0 saturated heterocycles. The van der Waals surface area contributed by atoms with Crippen molar-refractivity contribution >= 4 is 22.7 Å². The van der Waals surface area contributed by atoms with Gasteiger partial charge < -0.3 is 9.84 Å². The topological polar surface area (TPSA) is 98.2 Å². The Morgan fingerprint density at radius 3 is 2.73 bits per heavy atom. The minimum Gasteiger partial charge on any atom is -0.342 e. The SMILES string of the molecule is Cc1noc2nc(-c3ccccc3)cc(C(=O)NC(C)c3nnc4ccccn34)c12. The lowest BCUT2D eigenvalue weighted by Gasteiger charge is -2.13. The van der Waals surface area contributed by atoms with E-state index < -0.39 is 0 Å². The van der Waals surface area contributed by atoms with E-state index in [1.807, 2.05) is 66.1 Å². The lowest BCUT2D eigenvalue weighted by Crippen LogP contribution is -2.28. The molecular formula is C22H18N6O2. The molecule has 0 bridgehead atoms. The zero-order valence-corrected chi connectivity index (χ0v) is 16.4. The maximum Gasteiger partial charge on any atom is 0.259 e. The fourth-order valence-corrected chi connectivity index (χ4v) is 3.52. The molecule has 5 rings (SSSR count). The normalized spacial score (nSPS) is 12.3. The van der Waals surface area contributed by atoms with Crippen molar-refractivity contribution in [3.63, 3.8) is 0 Å². The van der Waals surface area contributed by atoms with Crippen LogP contribution in [0.15, 0.2) is 65.3 Å². The van der Waals surface area contributed by atoms with Crippen LogP contribution in [-0.2, 0) is 0 Å². The highest BCUT2D eigenvalue weighted by molar-refractivity contribution is 6.07. The van der Waals surface area contributed by atoms with Crippen molar-refractivity contribution in [2.45, 2.75) is 19.9 Å². The summed E-state index contributed by atoms with van der Waals surface area (Å²) in [6.07, 6.45) is 1.87. The fourth-order valence-electron chi connectivity index (χ4n) is 3.52. The van der Waals surface area contributed by atoms with Gasteiger partial charge in [-0.2, -0.15) is 0 Å². The smallest absolute Gasteiger partial charge is 0.259 e. The van der Waals surface area contributed by atoms with E-state index in [2.05, 4.69) is 25.7 Å². The van der Waals surface area contributed by atoms with Crippen LogP contribution in [0.2, 0.25) is 0 Å². The van der Waals surface area contributed by atoms with Crippen LogP contribution in [0.4, 0.5) is 0 Å². The van der Waals surface area contributed by atoms with E-state index in [4.69, 9.17) is 4.52 Å². The lowest BCUT2D eigenvalue weighted by molar-refractivity contribution is 0.0939. The molecule has 5 aromatic rings. The summed E-state index contributed by atoms with van der Waals surface area (Å²) in [7, 11) is 0. The largest absolute Gasteiger partial charge is 0.342 e. The van der Waals surface area contributed by atoms with Crippen LogP contribution in [0.5, 0.6) is 0 Å². The minimum absolute atomic E-state index is 0.258. The van der Waals surface area contributed by atoms with Gasteiger partial charge in [0.15, 0.2) is 11.5 Å². The summed E-state index contributed by atoms with van der Waals surface area (Å²) in [4.78, 5) is 17.8. The number of hydrogen-bond donors (Lipinski definition) is 1. The second-order valence-electron chi connectivity index (χ2n) is 7.05. The number of benzene rings is 1. The summed E-state index contributed by atoms with van der Waals surface area (Å²) >= 11 is 0. The zero-order chi connectivity index (χ0) is 20.7. The van der Waals surface area contributed by atoms with Crippen LogP contribution in [0, 0.1) is 6.92 Å². The number of aromatic nitrogens is 5. The maximum absolute atomic E-state index is 13.3. The molecule has 1 aromatic carbocycles. The van der Waals surface area contributed by atoms with Gasteiger partial charge in [0.1, 0.15) is 0 Å². The van der Waals surface area contributed by atoms with E-state index in [1.54, 1.807) is 13.0 Å². The van der Waals surface area contributed by atoms with Crippen LogP contribution < -0.4 is 5.32 Å². The Hall–Kier alpha value is -4.07. The Bertz CT molecular complexity index is 1370. The van der Waals surface area contributed by atoms with E-state index in [1.165, 1.54) is 0 Å². The Balaban J connectivity index is 1.54. The van der Waals surface area contributed by atoms with Crippen molar-refractivity contribution < 1.29 is 9.32 Å². The molecule has 0 aliphatic rings. The van der Waals surface area contributed by atoms with Crippen LogP contribution in [0.25, 0.3) is 28.0 Å². The van der Waals surface area contributed by atoms with Crippen LogP contribution in [0.3, 0.4) is 0 Å². The van der Waals surface area contributed by atoms with Crippen molar-refractivity contribution in [1.29, 1.82) is 0 Å². The molecule has 1 N–H and O–H groups in total. The van der Waals surface area contributed by atoms with Gasteiger partial charge in [-0.05, 0) is 32.0 Å². The monoisotopic (exact) mass is 398 g/mol. The highest BCUT2D eigenvalue weighted by atomic mass is 16.5. The third kappa shape index (κ3) is 2.98. The summed E-state index contributed by atoms with van der Waals surface area (Å²) in [5.41, 5.74) is 3.66. The number of fused-ring (bicyclic) bond motifs is 2. The first-order valence-electron chi connectivity index (χ1n) is 9.55. The molecule has 8 heteroatoms. The van der Waals surface area contributed by atoms with Crippen molar-refractivity contribution in [3.05, 3.63) is 77.9 Å². The predicted molar refractivity (Wildman–Crippen MR) is 111 cm³/mol. The summed E-state index contributed by atoms with van der Waals surface area (Å²) in [6.45, 7) is 3.67. The Morgan fingerprint density at radius 2 is 1.90 bits per heavy atom. The second kappa shape index (κ2) is 7.07. The highest BCUT2D eigenvalue weighted by Crippen LogP contribution is 2.27. The van der Waals surface area contributed by atoms with Crippen LogP contribution in [-0.4, -0.2) is 30.6 Å². The quantitative estimate of drug-likeness (QED) is 0.495. The van der Waals surface area contributed by atoms with E-state index in [0.717, 1.165) is 11.2 Å². The highest BCUT2D eigenvalue weighted by Gasteiger charge is 2.22. The van der Waals surface area contributed by atoms with Crippen molar-refractivity contribution in [2.24, 2.45) is 0 Å². The molecule has 0 radical (unpaired) electrons. The second-order valence-corrected chi connectivity index (χ2v) is 7.05. The Labute approximate surface area is 171 Å². The Kier molecular flexibility index (Phi) is 4.24. The van der Waals surface area contributed by atoms with Crippen molar-refractivity contribution in [3.8, 4) is 11.3 Å². The van der Waals surface area contributed by atoms with E-state index in [-0.39, 0.29) is 11.9 Å². The average Bonchev–Trinajstić information content (AvgIpc) is 3.37. The average molecular weight is 398 g/mol. The van der Waals surface area contributed by atoms with Crippen LogP contribution in [0.1, 0.15) is 34.8 Å². The molecule has 0 fully saturated rings. The van der Waals surface area contributed by atoms with Crippen molar-refractivity contribution in [1.82, 2.24) is 30.1 Å². The summed E-state index contributed by atoms with van der Waals surface area (Å²) in [5.74, 6) is 0.389. The van der Waals surface area contributed by atoms with Gasteiger partial charge in [0, 0.05) is 11.8 Å². The Morgan fingerprint density at radius 1 is 1.10 bits per heavy atom. The standard InChI is InChI=1S/C22H18N6O2/c1-13-19-16(12-17(24-22(19)30-27-13)15-8-4-3-5-9-15)21(29)23-14(2)20-26-25-18-10-6-7-11-28(18)20/h3-12,14H,1-2H3,(H,23,29). The number of rotatable bonds is 4. The van der Waals surface area contributed by atoms with Gasteiger partial charge >= 0.3 is 0 Å². The van der Waals surface area contributed by atoms with Gasteiger partial charge in [0.25, 0.3) is 11.6 Å². The number of nitrogens with one attached hydrogen (secondary N) is 1. The minimum atomic E-state index is -0.363. The third-order valence-electron chi connectivity index (χ3n) is 5.01. The molecule has 0 aliphatic heterocycles. The van der Waals surface area contributed by atoms with Crippen LogP contribution >= 0.6 is 0 Å². The van der Waals surface area contributed by atoms with Gasteiger partial charge in [0.2, 0.25) is 0 Å². The molecule has 30 heavy (non-hydrogen) atoms. The molecule has 1 unspecified atom stereocenters. The molecule has 148 valence electrons. The molecule has 4 heterocycles. The fraction of sp³-hybridized carbons (Fsp3) is 0.136. The summed E-state index contributed by atoms with van der Waals surface area (Å²) < 4.78 is 7.22. The van der Waals surface area contributed by atoms with E-state index >= 15 is 0 Å². The number of carbonyl (C=O) groups is 1. The molecule has 4 aromatic heterocycles. The van der Waals surface area contributed by atoms with E-state index in [9.17, 15) is 4.79 Å². The number of amides is 1. The molecular weight excluding hydrogens is 380 g/mol. The third-order valence-corrected chi connectivity index (χ3v) is 5.01. The first-order valence-corrected chi connectivity index (χ1v) is 9.55. The molecule has 1 atom stereocenters. The van der Waals surface area contributed by atoms with Gasteiger partial charge in [-0.1, -0.05) is 41.6 Å². The number of nitrogens with zero attached hydrogens (tertiary/aromatic N) is 5. The molecule has 0 saturated carbocycles. The summed E-state index contributed by atoms with van der Waals surface area (Å²) in [6, 6.07) is 16.7. The lowest BCUT2D eigenvalue weighted by atomic mass is 10.0. The zero-order valence-electron chi connectivity index (χ0n) is 16.4. The molecule has 1 amide bonds. The van der Waals surface area contributed by atoms with Gasteiger partial charge in [0.05, 0.1) is 28.4 Å². The molecule has 0 aliphatic carbocycles. The molecule has 8 nitrogen and oxygen atoms in total. The van der Waals surface area contributed by atoms with Gasteiger partial charge in [-0.3, -0.25) is 9.20 Å².